The highest BCUT2D eigenvalue weighted by Crippen LogP contribution is 2.24. The van der Waals surface area contributed by atoms with E-state index in [0.717, 1.165) is 33.7 Å². The number of ether oxygens (including phenoxy) is 1. The Bertz CT molecular complexity index is 966. The van der Waals surface area contributed by atoms with Gasteiger partial charge in [-0.15, -0.1) is 0 Å². The Balaban J connectivity index is 1.47. The minimum absolute atomic E-state index is 0.553. The first-order valence-corrected chi connectivity index (χ1v) is 7.97. The lowest BCUT2D eigenvalue weighted by molar-refractivity contribution is 0.306. The third-order valence-corrected chi connectivity index (χ3v) is 3.80. The molecule has 0 aliphatic rings. The zero-order valence-electron chi connectivity index (χ0n) is 13.5. The van der Waals surface area contributed by atoms with E-state index in [4.69, 9.17) is 4.74 Å². The zero-order valence-corrected chi connectivity index (χ0v) is 13.5. The van der Waals surface area contributed by atoms with Gasteiger partial charge in [0.05, 0.1) is 11.7 Å². The third-order valence-electron chi connectivity index (χ3n) is 3.80. The molecule has 0 aliphatic carbocycles. The molecule has 0 amide bonds. The van der Waals surface area contributed by atoms with Crippen molar-refractivity contribution < 1.29 is 4.74 Å². The normalized spacial score (nSPS) is 10.6. The summed E-state index contributed by atoms with van der Waals surface area (Å²) in [6.45, 7) is 0.553. The fourth-order valence-electron chi connectivity index (χ4n) is 2.52. The van der Waals surface area contributed by atoms with Gasteiger partial charge in [-0.3, -0.25) is 4.98 Å². The van der Waals surface area contributed by atoms with Crippen LogP contribution in [0.4, 0.5) is 11.5 Å². The number of anilines is 2. The molecule has 2 heterocycles. The molecule has 0 atom stereocenters. The van der Waals surface area contributed by atoms with Crippen LogP contribution in [0, 0.1) is 0 Å². The second-order valence-electron chi connectivity index (χ2n) is 5.54. The number of benzene rings is 2. The third kappa shape index (κ3) is 3.55. The molecule has 0 radical (unpaired) electrons. The zero-order chi connectivity index (χ0) is 16.9. The Morgan fingerprint density at radius 3 is 2.56 bits per heavy atom. The lowest BCUT2D eigenvalue weighted by Crippen LogP contribution is -1.97. The first-order chi connectivity index (χ1) is 12.4. The fourth-order valence-corrected chi connectivity index (χ4v) is 2.52. The number of pyridine rings is 1. The summed E-state index contributed by atoms with van der Waals surface area (Å²) < 4.78 is 5.81. The van der Waals surface area contributed by atoms with E-state index < -0.39 is 0 Å². The van der Waals surface area contributed by atoms with Crippen molar-refractivity contribution in [2.75, 3.05) is 5.32 Å². The lowest BCUT2D eigenvalue weighted by Gasteiger charge is -2.10. The molecule has 25 heavy (non-hydrogen) atoms. The largest absolute Gasteiger partial charge is 0.489 e. The van der Waals surface area contributed by atoms with Crippen LogP contribution in [0.15, 0.2) is 79.4 Å². The molecule has 0 saturated carbocycles. The molecule has 5 heteroatoms. The molecule has 4 rings (SSSR count). The van der Waals surface area contributed by atoms with Crippen LogP contribution in [-0.4, -0.2) is 15.0 Å². The van der Waals surface area contributed by atoms with Crippen molar-refractivity contribution >= 4 is 22.4 Å². The van der Waals surface area contributed by atoms with Crippen molar-refractivity contribution in [3.8, 4) is 5.75 Å². The van der Waals surface area contributed by atoms with Gasteiger partial charge in [0.25, 0.3) is 0 Å². The van der Waals surface area contributed by atoms with Crippen molar-refractivity contribution in [2.45, 2.75) is 6.61 Å². The summed E-state index contributed by atoms with van der Waals surface area (Å²) in [5.74, 6) is 1.58. The van der Waals surface area contributed by atoms with E-state index >= 15 is 0 Å². The first kappa shape index (κ1) is 15.1. The number of nitrogens with zero attached hydrogens (tertiary/aromatic N) is 3. The molecule has 0 spiro atoms. The second-order valence-corrected chi connectivity index (χ2v) is 5.54. The number of hydrogen-bond acceptors (Lipinski definition) is 5. The van der Waals surface area contributed by atoms with E-state index in [1.807, 2.05) is 60.7 Å². The predicted molar refractivity (Wildman–Crippen MR) is 97.8 cm³/mol. The van der Waals surface area contributed by atoms with Crippen LogP contribution in [0.25, 0.3) is 10.9 Å². The molecule has 1 N–H and O–H groups in total. The highest BCUT2D eigenvalue weighted by atomic mass is 16.5. The van der Waals surface area contributed by atoms with Crippen LogP contribution in [0.3, 0.4) is 0 Å². The van der Waals surface area contributed by atoms with Crippen LogP contribution in [0.5, 0.6) is 5.75 Å². The number of hydrogen-bond donors (Lipinski definition) is 1. The fraction of sp³-hybridized carbons (Fsp3) is 0.0500. The van der Waals surface area contributed by atoms with Crippen molar-refractivity contribution in [2.24, 2.45) is 0 Å². The van der Waals surface area contributed by atoms with Gasteiger partial charge in [0.2, 0.25) is 0 Å². The van der Waals surface area contributed by atoms with E-state index in [9.17, 15) is 0 Å². The summed E-state index contributed by atoms with van der Waals surface area (Å²) in [6.07, 6.45) is 4.99. The molecular formula is C20H16N4O. The molecule has 0 saturated heterocycles. The van der Waals surface area contributed by atoms with Crippen LogP contribution in [0.1, 0.15) is 5.56 Å². The minimum atomic E-state index is 0.553. The standard InChI is InChI=1S/C20H16N4O/c1-2-4-15(5-3-1)13-25-17-8-6-16(7-9-17)24-20-18-10-11-21-12-19(18)22-14-23-20/h1-12,14H,13H2,(H,22,23,24). The highest BCUT2D eigenvalue weighted by Gasteiger charge is 2.04. The molecule has 0 unspecified atom stereocenters. The second kappa shape index (κ2) is 6.97. The van der Waals surface area contributed by atoms with Crippen molar-refractivity contribution in [3.63, 3.8) is 0 Å². The molecule has 0 fully saturated rings. The Morgan fingerprint density at radius 2 is 1.72 bits per heavy atom. The molecule has 122 valence electrons. The summed E-state index contributed by atoms with van der Waals surface area (Å²) in [4.78, 5) is 12.6. The quantitative estimate of drug-likeness (QED) is 0.590. The summed E-state index contributed by atoms with van der Waals surface area (Å²) >= 11 is 0. The van der Waals surface area contributed by atoms with Crippen molar-refractivity contribution in [1.82, 2.24) is 15.0 Å². The van der Waals surface area contributed by atoms with Gasteiger partial charge in [0.15, 0.2) is 0 Å². The average Bonchev–Trinajstić information content (AvgIpc) is 2.69. The summed E-state index contributed by atoms with van der Waals surface area (Å²) in [7, 11) is 0. The summed E-state index contributed by atoms with van der Waals surface area (Å²) in [6, 6.07) is 19.8. The SMILES string of the molecule is c1ccc(COc2ccc(Nc3ncnc4cnccc34)cc2)cc1. The first-order valence-electron chi connectivity index (χ1n) is 7.97. The Hall–Kier alpha value is -3.47. The molecule has 0 bridgehead atoms. The molecule has 5 nitrogen and oxygen atoms in total. The Morgan fingerprint density at radius 1 is 0.880 bits per heavy atom. The van der Waals surface area contributed by atoms with E-state index in [-0.39, 0.29) is 0 Å². The predicted octanol–water partition coefficient (Wildman–Crippen LogP) is 4.35. The monoisotopic (exact) mass is 328 g/mol. The molecule has 2 aromatic carbocycles. The van der Waals surface area contributed by atoms with Gasteiger partial charge in [0.1, 0.15) is 24.5 Å². The van der Waals surface area contributed by atoms with Gasteiger partial charge in [-0.05, 0) is 35.9 Å². The van der Waals surface area contributed by atoms with Gasteiger partial charge in [-0.2, -0.15) is 0 Å². The number of fused-ring (bicyclic) bond motifs is 1. The Kier molecular flexibility index (Phi) is 4.20. The molecule has 2 aromatic heterocycles. The minimum Gasteiger partial charge on any atom is -0.489 e. The van der Waals surface area contributed by atoms with Crippen LogP contribution < -0.4 is 10.1 Å². The summed E-state index contributed by atoms with van der Waals surface area (Å²) in [5, 5.41) is 4.25. The average molecular weight is 328 g/mol. The van der Waals surface area contributed by atoms with Crippen molar-refractivity contribution in [3.05, 3.63) is 84.9 Å². The van der Waals surface area contributed by atoms with Crippen molar-refractivity contribution in [1.29, 1.82) is 0 Å². The van der Waals surface area contributed by atoms with E-state index in [1.165, 1.54) is 6.33 Å². The molecule has 4 aromatic rings. The maximum atomic E-state index is 5.81. The van der Waals surface area contributed by atoms with E-state index in [0.29, 0.717) is 6.61 Å². The van der Waals surface area contributed by atoms with Gasteiger partial charge in [-0.25, -0.2) is 9.97 Å². The maximum absolute atomic E-state index is 5.81. The van der Waals surface area contributed by atoms with E-state index in [2.05, 4.69) is 20.3 Å². The van der Waals surface area contributed by atoms with Gasteiger partial charge in [-0.1, -0.05) is 30.3 Å². The summed E-state index contributed by atoms with van der Waals surface area (Å²) in [5.41, 5.74) is 2.89. The topological polar surface area (TPSA) is 59.9 Å². The van der Waals surface area contributed by atoms with Crippen LogP contribution >= 0.6 is 0 Å². The highest BCUT2D eigenvalue weighted by molar-refractivity contribution is 5.89. The number of aromatic nitrogens is 3. The van der Waals surface area contributed by atoms with Gasteiger partial charge >= 0.3 is 0 Å². The maximum Gasteiger partial charge on any atom is 0.141 e. The number of nitrogens with one attached hydrogen (secondary N) is 1. The Labute approximate surface area is 145 Å². The molecule has 0 aliphatic heterocycles. The smallest absolute Gasteiger partial charge is 0.141 e. The lowest BCUT2D eigenvalue weighted by atomic mass is 10.2. The molecular weight excluding hydrogens is 312 g/mol. The van der Waals surface area contributed by atoms with Crippen LogP contribution in [0.2, 0.25) is 0 Å². The number of rotatable bonds is 5. The van der Waals surface area contributed by atoms with E-state index in [1.54, 1.807) is 12.4 Å². The van der Waals surface area contributed by atoms with Gasteiger partial charge in [0, 0.05) is 17.3 Å². The van der Waals surface area contributed by atoms with Gasteiger partial charge < -0.3 is 10.1 Å². The van der Waals surface area contributed by atoms with Crippen LogP contribution in [-0.2, 0) is 6.61 Å².